The molecule has 0 aliphatic heterocycles. The molecular weight excluding hydrogens is 274 g/mol. The van der Waals surface area contributed by atoms with E-state index in [2.05, 4.69) is 5.43 Å². The second-order valence-electron chi connectivity index (χ2n) is 4.82. The maximum Gasteiger partial charge on any atom is 0.162 e. The van der Waals surface area contributed by atoms with E-state index >= 15 is 0 Å². The van der Waals surface area contributed by atoms with Gasteiger partial charge in [-0.05, 0) is 24.1 Å². The summed E-state index contributed by atoms with van der Waals surface area (Å²) in [4.78, 5) is 0. The van der Waals surface area contributed by atoms with Crippen molar-refractivity contribution in [2.75, 3.05) is 0 Å². The molecule has 3 nitrogen and oxygen atoms in total. The van der Waals surface area contributed by atoms with Crippen LogP contribution in [0.5, 0.6) is 0 Å². The molecule has 0 bridgehead atoms. The fourth-order valence-electron chi connectivity index (χ4n) is 2.45. The standard InChI is InChI=1S/C16H14F2N2O/c17-13-6-3-4-10(16(13)18)8-14(20-19)12-9-21-15-7-2-1-5-11(12)15/h1-7,9,14,20H,8,19H2. The first-order valence-electron chi connectivity index (χ1n) is 6.56. The van der Waals surface area contributed by atoms with Crippen LogP contribution in [0, 0.1) is 11.6 Å². The monoisotopic (exact) mass is 288 g/mol. The maximum absolute atomic E-state index is 13.8. The summed E-state index contributed by atoms with van der Waals surface area (Å²) in [5.74, 6) is 3.88. The van der Waals surface area contributed by atoms with Crippen molar-refractivity contribution in [3.63, 3.8) is 0 Å². The molecule has 1 heterocycles. The van der Waals surface area contributed by atoms with Crippen LogP contribution in [0.2, 0.25) is 0 Å². The molecule has 2 aromatic carbocycles. The molecule has 0 aliphatic carbocycles. The Balaban J connectivity index is 1.97. The van der Waals surface area contributed by atoms with Crippen molar-refractivity contribution >= 4 is 11.0 Å². The summed E-state index contributed by atoms with van der Waals surface area (Å²) in [6, 6.07) is 11.3. The molecule has 21 heavy (non-hydrogen) atoms. The molecule has 0 amide bonds. The molecule has 0 saturated carbocycles. The predicted octanol–water partition coefficient (Wildman–Crippen LogP) is 3.46. The van der Waals surface area contributed by atoms with Crippen LogP contribution in [0.1, 0.15) is 17.2 Å². The highest BCUT2D eigenvalue weighted by Crippen LogP contribution is 2.28. The van der Waals surface area contributed by atoms with E-state index in [1.807, 2.05) is 24.3 Å². The van der Waals surface area contributed by atoms with Gasteiger partial charge in [-0.15, -0.1) is 0 Å². The van der Waals surface area contributed by atoms with E-state index in [0.29, 0.717) is 0 Å². The Kier molecular flexibility index (Phi) is 3.68. The van der Waals surface area contributed by atoms with E-state index in [9.17, 15) is 8.78 Å². The van der Waals surface area contributed by atoms with Gasteiger partial charge in [0.15, 0.2) is 11.6 Å². The minimum absolute atomic E-state index is 0.226. The molecule has 1 atom stereocenters. The average molecular weight is 288 g/mol. The number of nitrogens with one attached hydrogen (secondary N) is 1. The van der Waals surface area contributed by atoms with Gasteiger partial charge in [0, 0.05) is 10.9 Å². The van der Waals surface area contributed by atoms with E-state index in [-0.39, 0.29) is 18.0 Å². The van der Waals surface area contributed by atoms with Gasteiger partial charge in [-0.3, -0.25) is 11.3 Å². The number of nitrogens with two attached hydrogens (primary N) is 1. The van der Waals surface area contributed by atoms with Gasteiger partial charge in [-0.2, -0.15) is 0 Å². The van der Waals surface area contributed by atoms with Gasteiger partial charge in [0.25, 0.3) is 0 Å². The fourth-order valence-corrected chi connectivity index (χ4v) is 2.45. The van der Waals surface area contributed by atoms with E-state index in [4.69, 9.17) is 10.3 Å². The summed E-state index contributed by atoms with van der Waals surface area (Å²) in [5.41, 5.74) is 4.46. The van der Waals surface area contributed by atoms with Crippen LogP contribution in [0.15, 0.2) is 53.1 Å². The van der Waals surface area contributed by atoms with Crippen molar-refractivity contribution in [1.82, 2.24) is 5.43 Å². The van der Waals surface area contributed by atoms with Gasteiger partial charge >= 0.3 is 0 Å². The van der Waals surface area contributed by atoms with E-state index in [1.54, 1.807) is 12.3 Å². The van der Waals surface area contributed by atoms with Crippen LogP contribution in [0.25, 0.3) is 11.0 Å². The summed E-state index contributed by atoms with van der Waals surface area (Å²) in [7, 11) is 0. The first kappa shape index (κ1) is 13.7. The highest BCUT2D eigenvalue weighted by Gasteiger charge is 2.19. The highest BCUT2D eigenvalue weighted by atomic mass is 19.2. The van der Waals surface area contributed by atoms with Crippen LogP contribution in [0.3, 0.4) is 0 Å². The van der Waals surface area contributed by atoms with Crippen molar-refractivity contribution < 1.29 is 13.2 Å². The van der Waals surface area contributed by atoms with Gasteiger partial charge in [0.05, 0.1) is 12.3 Å². The lowest BCUT2D eigenvalue weighted by atomic mass is 9.98. The summed E-state index contributed by atoms with van der Waals surface area (Å²) < 4.78 is 32.5. The van der Waals surface area contributed by atoms with E-state index in [1.165, 1.54) is 6.07 Å². The smallest absolute Gasteiger partial charge is 0.162 e. The minimum atomic E-state index is -0.861. The topological polar surface area (TPSA) is 51.2 Å². The fraction of sp³-hybridized carbons (Fsp3) is 0.125. The Hall–Kier alpha value is -2.24. The Labute approximate surface area is 120 Å². The normalized spacial score (nSPS) is 12.7. The zero-order chi connectivity index (χ0) is 14.8. The van der Waals surface area contributed by atoms with Crippen LogP contribution in [0.4, 0.5) is 8.78 Å². The van der Waals surface area contributed by atoms with Crippen LogP contribution in [-0.2, 0) is 6.42 Å². The van der Waals surface area contributed by atoms with Crippen LogP contribution >= 0.6 is 0 Å². The van der Waals surface area contributed by atoms with Crippen molar-refractivity contribution in [3.8, 4) is 0 Å². The number of hydrazine groups is 1. The molecule has 1 aromatic heterocycles. The summed E-state index contributed by atoms with van der Waals surface area (Å²) in [6.07, 6.45) is 1.82. The van der Waals surface area contributed by atoms with Gasteiger partial charge in [0.2, 0.25) is 0 Å². The van der Waals surface area contributed by atoms with Gasteiger partial charge in [-0.1, -0.05) is 30.3 Å². The number of fused-ring (bicyclic) bond motifs is 1. The third kappa shape index (κ3) is 2.53. The number of benzene rings is 2. The molecule has 5 heteroatoms. The van der Waals surface area contributed by atoms with Crippen LogP contribution in [-0.4, -0.2) is 0 Å². The van der Waals surface area contributed by atoms with Crippen molar-refractivity contribution in [1.29, 1.82) is 0 Å². The third-order valence-electron chi connectivity index (χ3n) is 3.54. The maximum atomic E-state index is 13.8. The second-order valence-corrected chi connectivity index (χ2v) is 4.82. The Morgan fingerprint density at radius 2 is 1.90 bits per heavy atom. The summed E-state index contributed by atoms with van der Waals surface area (Å²) in [6.45, 7) is 0. The average Bonchev–Trinajstić information content (AvgIpc) is 2.93. The van der Waals surface area contributed by atoms with Crippen molar-refractivity contribution in [2.45, 2.75) is 12.5 Å². The third-order valence-corrected chi connectivity index (χ3v) is 3.54. The van der Waals surface area contributed by atoms with Crippen LogP contribution < -0.4 is 11.3 Å². The second kappa shape index (κ2) is 5.63. The summed E-state index contributed by atoms with van der Waals surface area (Å²) >= 11 is 0. The van der Waals surface area contributed by atoms with Crippen molar-refractivity contribution in [2.24, 2.45) is 5.84 Å². The van der Waals surface area contributed by atoms with E-state index in [0.717, 1.165) is 22.6 Å². The molecule has 0 radical (unpaired) electrons. The number of halogens is 2. The zero-order valence-corrected chi connectivity index (χ0v) is 11.1. The molecular formula is C16H14F2N2O. The number of hydrogen-bond acceptors (Lipinski definition) is 3. The van der Waals surface area contributed by atoms with Gasteiger partial charge in [0.1, 0.15) is 5.58 Å². The quantitative estimate of drug-likeness (QED) is 0.571. The molecule has 1 unspecified atom stereocenters. The molecule has 3 rings (SSSR count). The Morgan fingerprint density at radius 1 is 1.10 bits per heavy atom. The number of para-hydroxylation sites is 1. The molecule has 3 aromatic rings. The molecule has 0 fully saturated rings. The molecule has 0 spiro atoms. The van der Waals surface area contributed by atoms with Gasteiger partial charge < -0.3 is 4.42 Å². The number of rotatable bonds is 4. The lowest BCUT2D eigenvalue weighted by molar-refractivity contribution is 0.479. The molecule has 0 saturated heterocycles. The number of furan rings is 1. The zero-order valence-electron chi connectivity index (χ0n) is 11.1. The lowest BCUT2D eigenvalue weighted by Crippen LogP contribution is -2.29. The number of hydrogen-bond donors (Lipinski definition) is 2. The van der Waals surface area contributed by atoms with Gasteiger partial charge in [-0.25, -0.2) is 8.78 Å². The Morgan fingerprint density at radius 3 is 2.71 bits per heavy atom. The van der Waals surface area contributed by atoms with Crippen molar-refractivity contribution in [3.05, 3.63) is 71.5 Å². The highest BCUT2D eigenvalue weighted by molar-refractivity contribution is 5.81. The summed E-state index contributed by atoms with van der Waals surface area (Å²) in [5, 5.41) is 0.900. The Bertz CT molecular complexity index is 770. The first-order chi connectivity index (χ1) is 10.2. The largest absolute Gasteiger partial charge is 0.464 e. The lowest BCUT2D eigenvalue weighted by Gasteiger charge is -2.15. The molecule has 0 aliphatic rings. The van der Waals surface area contributed by atoms with E-state index < -0.39 is 11.6 Å². The first-order valence-corrected chi connectivity index (χ1v) is 6.56. The predicted molar refractivity (Wildman–Crippen MR) is 76.3 cm³/mol. The SMILES string of the molecule is NNC(Cc1cccc(F)c1F)c1coc2ccccc12. The molecule has 108 valence electrons. The minimum Gasteiger partial charge on any atom is -0.464 e. The molecule has 3 N–H and O–H groups in total.